The highest BCUT2D eigenvalue weighted by Crippen LogP contribution is 2.17. The van der Waals surface area contributed by atoms with Gasteiger partial charge in [-0.15, -0.1) is 0 Å². The molecule has 0 aliphatic heterocycles. The predicted molar refractivity (Wildman–Crippen MR) is 295 cm³/mol. The van der Waals surface area contributed by atoms with E-state index in [0.29, 0.717) is 6.42 Å². The van der Waals surface area contributed by atoms with Crippen LogP contribution in [0.3, 0.4) is 0 Å². The number of rotatable bonds is 30. The molecule has 0 fully saturated rings. The van der Waals surface area contributed by atoms with Gasteiger partial charge in [0.05, 0.1) is 32.9 Å². The van der Waals surface area contributed by atoms with Crippen LogP contribution < -0.4 is 53.2 Å². The summed E-state index contributed by atoms with van der Waals surface area (Å²) in [5.41, 5.74) is -3.23. The first kappa shape index (κ1) is 70.2. The van der Waals surface area contributed by atoms with Gasteiger partial charge in [-0.25, -0.2) is 9.59 Å². The zero-order valence-electron chi connectivity index (χ0n) is 49.9. The number of amides is 10. The van der Waals surface area contributed by atoms with Crippen molar-refractivity contribution in [3.63, 3.8) is 0 Å². The molecule has 0 aliphatic carbocycles. The molecule has 0 aliphatic rings. The molecule has 0 bridgehead atoms. The molecule has 79 heavy (non-hydrogen) atoms. The lowest BCUT2D eigenvalue weighted by atomic mass is 9.94. The van der Waals surface area contributed by atoms with Crippen LogP contribution in [0.4, 0.5) is 4.79 Å². The van der Waals surface area contributed by atoms with Crippen molar-refractivity contribution in [1.29, 1.82) is 0 Å². The average molecular weight is 1120 g/mol. The van der Waals surface area contributed by atoms with Gasteiger partial charge in [-0.2, -0.15) is 0 Å². The Hall–Kier alpha value is -6.85. The molecule has 0 unspecified atom stereocenters. The van der Waals surface area contributed by atoms with Gasteiger partial charge in [0.2, 0.25) is 53.2 Å². The Morgan fingerprint density at radius 3 is 1.39 bits per heavy atom. The third kappa shape index (κ3) is 24.0. The van der Waals surface area contributed by atoms with Gasteiger partial charge in [0.25, 0.3) is 0 Å². The van der Waals surface area contributed by atoms with Gasteiger partial charge in [0.1, 0.15) is 52.9 Å². The zero-order chi connectivity index (χ0) is 60.9. The number of nitrogens with one attached hydrogen (secondary N) is 10. The summed E-state index contributed by atoms with van der Waals surface area (Å²) in [6.45, 7) is 28.1. The van der Waals surface area contributed by atoms with Crippen molar-refractivity contribution in [1.82, 2.24) is 53.2 Å². The number of alkyl carbamates (subject to hydrolysis) is 1. The number of benzene rings is 1. The SMILES string of the molecule is CC[C@@H](C)[C@@H](NC(=O)[C@H](NC(=O)[C@H](NC(=O)CNC(=O)CNC(=O)[C@H](NC(=O)OC(C)(C)C)C(C)C)C(C)C)C(C)C)C(=O)NC(C)(C)C(=O)N[C@@H](C(=O)N[C@H](C(=O)NC(C)(C)C(=O)OC)C(C)C)[C@H](C)OCc1ccccc1. The van der Waals surface area contributed by atoms with Crippen LogP contribution in [0.2, 0.25) is 0 Å². The zero-order valence-corrected chi connectivity index (χ0v) is 49.9. The molecular weight excluding hydrogens is 1020 g/mol. The quantitative estimate of drug-likeness (QED) is 0.0492. The highest BCUT2D eigenvalue weighted by Gasteiger charge is 2.41. The van der Waals surface area contributed by atoms with Crippen molar-refractivity contribution in [2.45, 2.75) is 197 Å². The van der Waals surface area contributed by atoms with Crippen LogP contribution in [0.1, 0.15) is 137 Å². The molecule has 8 atom stereocenters. The van der Waals surface area contributed by atoms with Gasteiger partial charge < -0.3 is 67.4 Å². The summed E-state index contributed by atoms with van der Waals surface area (Å²) < 4.78 is 16.1. The van der Waals surface area contributed by atoms with Crippen LogP contribution in [0, 0.1) is 29.6 Å². The number of carbonyl (C=O) groups is 11. The number of methoxy groups -OCH3 is 1. The number of hydrogen-bond acceptors (Lipinski definition) is 14. The second-order valence-electron chi connectivity index (χ2n) is 23.2. The summed E-state index contributed by atoms with van der Waals surface area (Å²) in [4.78, 5) is 148. The summed E-state index contributed by atoms with van der Waals surface area (Å²) in [5, 5.41) is 26.0. The fourth-order valence-corrected chi connectivity index (χ4v) is 7.50. The minimum absolute atomic E-state index is 0.0486. The van der Waals surface area contributed by atoms with Gasteiger partial charge in [-0.1, -0.05) is 106 Å². The van der Waals surface area contributed by atoms with Gasteiger partial charge in [0, 0.05) is 0 Å². The third-order valence-electron chi connectivity index (χ3n) is 12.6. The second-order valence-corrected chi connectivity index (χ2v) is 23.2. The van der Waals surface area contributed by atoms with Crippen LogP contribution in [0.25, 0.3) is 0 Å². The van der Waals surface area contributed by atoms with Gasteiger partial charge in [-0.05, 0) is 90.5 Å². The molecule has 0 radical (unpaired) electrons. The minimum atomic E-state index is -1.75. The van der Waals surface area contributed by atoms with E-state index in [2.05, 4.69) is 53.2 Å². The fourth-order valence-electron chi connectivity index (χ4n) is 7.50. The summed E-state index contributed by atoms with van der Waals surface area (Å²) >= 11 is 0. The Morgan fingerprint density at radius 2 is 0.911 bits per heavy atom. The Kier molecular flexibility index (Phi) is 28.1. The van der Waals surface area contributed by atoms with E-state index in [9.17, 15) is 52.7 Å². The first-order valence-electron chi connectivity index (χ1n) is 26.8. The van der Waals surface area contributed by atoms with Crippen LogP contribution in [-0.4, -0.2) is 144 Å². The van der Waals surface area contributed by atoms with E-state index in [1.165, 1.54) is 34.8 Å². The largest absolute Gasteiger partial charge is 0.467 e. The molecular formula is C55H92N10O14. The van der Waals surface area contributed by atoms with Crippen LogP contribution >= 0.6 is 0 Å². The summed E-state index contributed by atoms with van der Waals surface area (Å²) in [6.07, 6.45) is -1.43. The number of ether oxygens (including phenoxy) is 3. The topological polar surface area (TPSA) is 336 Å². The minimum Gasteiger partial charge on any atom is -0.467 e. The first-order valence-corrected chi connectivity index (χ1v) is 26.8. The maximum absolute atomic E-state index is 14.3. The Balaban J connectivity index is 3.25. The Bertz CT molecular complexity index is 2260. The van der Waals surface area contributed by atoms with Crippen LogP contribution in [-0.2, 0) is 68.8 Å². The van der Waals surface area contributed by atoms with Crippen molar-refractivity contribution < 1.29 is 67.0 Å². The van der Waals surface area contributed by atoms with E-state index in [-0.39, 0.29) is 12.5 Å². The van der Waals surface area contributed by atoms with E-state index in [1.807, 2.05) is 30.3 Å². The van der Waals surface area contributed by atoms with Crippen LogP contribution in [0.5, 0.6) is 0 Å². The summed E-state index contributed by atoms with van der Waals surface area (Å²) in [6, 6.07) is 1.75. The molecule has 1 aromatic carbocycles. The van der Waals surface area contributed by atoms with Crippen LogP contribution in [0.15, 0.2) is 30.3 Å². The lowest BCUT2D eigenvalue weighted by Crippen LogP contribution is -2.66. The summed E-state index contributed by atoms with van der Waals surface area (Å²) in [5.74, 6) is -9.85. The second kappa shape index (κ2) is 31.7. The van der Waals surface area contributed by atoms with E-state index in [0.717, 1.165) is 5.56 Å². The molecule has 446 valence electrons. The first-order chi connectivity index (χ1) is 36.4. The molecule has 0 spiro atoms. The van der Waals surface area contributed by atoms with Crippen molar-refractivity contribution in [2.75, 3.05) is 20.2 Å². The fraction of sp³-hybridized carbons (Fsp3) is 0.691. The monoisotopic (exact) mass is 1120 g/mol. The molecule has 0 aromatic heterocycles. The normalized spacial score (nSPS) is 14.9. The lowest BCUT2D eigenvalue weighted by molar-refractivity contribution is -0.150. The maximum atomic E-state index is 14.3. The molecule has 0 saturated heterocycles. The van der Waals surface area contributed by atoms with Gasteiger partial charge >= 0.3 is 12.1 Å². The highest BCUT2D eigenvalue weighted by molar-refractivity contribution is 5.99. The van der Waals surface area contributed by atoms with Gasteiger partial charge in [0.15, 0.2) is 0 Å². The molecule has 10 N–H and O–H groups in total. The average Bonchev–Trinajstić information content (AvgIpc) is 3.34. The molecule has 24 nitrogen and oxygen atoms in total. The molecule has 0 heterocycles. The summed E-state index contributed by atoms with van der Waals surface area (Å²) in [7, 11) is 1.18. The number of carbonyl (C=O) groups excluding carboxylic acids is 11. The van der Waals surface area contributed by atoms with Crippen molar-refractivity contribution >= 4 is 65.2 Å². The smallest absolute Gasteiger partial charge is 0.408 e. The molecule has 0 saturated carbocycles. The Morgan fingerprint density at radius 1 is 0.481 bits per heavy atom. The van der Waals surface area contributed by atoms with E-state index >= 15 is 0 Å². The number of esters is 1. The third-order valence-corrected chi connectivity index (χ3v) is 12.6. The molecule has 1 rings (SSSR count). The van der Waals surface area contributed by atoms with E-state index < -0.39 is 161 Å². The molecule has 10 amide bonds. The van der Waals surface area contributed by atoms with Gasteiger partial charge in [-0.3, -0.25) is 43.2 Å². The lowest BCUT2D eigenvalue weighted by Gasteiger charge is -2.34. The molecule has 1 aromatic rings. The van der Waals surface area contributed by atoms with Crippen molar-refractivity contribution in [3.05, 3.63) is 35.9 Å². The van der Waals surface area contributed by atoms with Crippen molar-refractivity contribution in [3.8, 4) is 0 Å². The predicted octanol–water partition coefficient (Wildman–Crippen LogP) is 1.77. The van der Waals surface area contributed by atoms with E-state index in [1.54, 1.807) is 96.9 Å². The Labute approximate surface area is 466 Å². The van der Waals surface area contributed by atoms with Crippen molar-refractivity contribution in [2.24, 2.45) is 29.6 Å². The standard InChI is InChI=1S/C55H92N10O14/c1-20-33(10)42(61-46(70)40(31(6)7)59-45(69)39(30(4)5)58-37(67)27-56-36(66)26-57-44(68)38(29(2)3)63-52(76)79-53(12,13)14)49(73)64-54(15,16)50(74)62-43(34(11)78-28-35-24-22-21-23-25-35)47(71)60-41(32(8)9)48(72)65-55(17,18)51(75)77-19/h21-25,29-34,38-43H,20,26-28H2,1-19H3,(H,56,66)(H,57,68)(H,58,67)(H,59,69)(H,60,71)(H,61,70)(H,62,74)(H,63,76)(H,64,73)(H,65,72)/t33-,34+,38-,39-,40-,41+,42-,43-/m1/s1. The number of hydrogen-bond donors (Lipinski definition) is 10. The maximum Gasteiger partial charge on any atom is 0.408 e. The molecule has 24 heteroatoms. The highest BCUT2D eigenvalue weighted by atomic mass is 16.6. The van der Waals surface area contributed by atoms with E-state index in [4.69, 9.17) is 14.2 Å².